The molecule has 1 aromatic carbocycles. The summed E-state index contributed by atoms with van der Waals surface area (Å²) in [6.07, 6.45) is 2.63. The number of rotatable bonds is 2. The molecule has 3 aliphatic rings. The maximum absolute atomic E-state index is 12.8. The number of anilines is 1. The van der Waals surface area contributed by atoms with E-state index in [-0.39, 0.29) is 29.3 Å². The molecule has 36 heavy (non-hydrogen) atoms. The molecule has 2 aliphatic heterocycles. The molecule has 5 rings (SSSR count). The molecular weight excluding hydrogens is 494 g/mol. The van der Waals surface area contributed by atoms with Gasteiger partial charge in [-0.05, 0) is 56.3 Å². The first-order valence-corrected chi connectivity index (χ1v) is 14.1. The monoisotopic (exact) mass is 525 g/mol. The van der Waals surface area contributed by atoms with E-state index < -0.39 is 5.60 Å². The number of ether oxygens (including phenoxy) is 1. The minimum atomic E-state index is -0.587. The van der Waals surface area contributed by atoms with Crippen LogP contribution in [0.1, 0.15) is 56.0 Å². The third-order valence-electron chi connectivity index (χ3n) is 7.36. The Kier molecular flexibility index (Phi) is 6.82. The van der Waals surface area contributed by atoms with E-state index in [9.17, 15) is 10.1 Å². The van der Waals surface area contributed by atoms with Crippen LogP contribution in [-0.2, 0) is 28.7 Å². The molecule has 0 bridgehead atoms. The van der Waals surface area contributed by atoms with Crippen molar-refractivity contribution in [1.29, 1.82) is 5.26 Å². The van der Waals surface area contributed by atoms with Gasteiger partial charge >= 0.3 is 6.09 Å². The summed E-state index contributed by atoms with van der Waals surface area (Å²) in [5, 5.41) is 9.72. The second kappa shape index (κ2) is 9.75. The molecule has 1 spiro atoms. The second-order valence-corrected chi connectivity index (χ2v) is 12.3. The largest absolute Gasteiger partial charge is 0.444 e. The third-order valence-corrected chi connectivity index (χ3v) is 8.81. The smallest absolute Gasteiger partial charge is 0.410 e. The van der Waals surface area contributed by atoms with Crippen molar-refractivity contribution >= 4 is 35.3 Å². The molecule has 0 radical (unpaired) electrons. The summed E-state index contributed by atoms with van der Waals surface area (Å²) in [4.78, 5) is 26.1. The number of benzene rings is 1. The number of aromatic nitrogens is 2. The van der Waals surface area contributed by atoms with E-state index in [4.69, 9.17) is 21.3 Å². The lowest BCUT2D eigenvalue weighted by Crippen LogP contribution is -2.56. The number of hydrogen-bond acceptors (Lipinski definition) is 7. The van der Waals surface area contributed by atoms with Gasteiger partial charge in [-0.15, -0.1) is 0 Å². The normalized spacial score (nSPS) is 23.6. The summed E-state index contributed by atoms with van der Waals surface area (Å²) < 4.78 is 5.61. The molecule has 7 nitrogen and oxygen atoms in total. The van der Waals surface area contributed by atoms with Crippen LogP contribution in [0.3, 0.4) is 0 Å². The predicted octanol–water partition coefficient (Wildman–Crippen LogP) is 5.14. The van der Waals surface area contributed by atoms with E-state index in [1.165, 1.54) is 11.1 Å². The standard InChI is InChI=1S/C27H32ClN5O2S/c1-26(2,3)35-25(34)33-13-12-32(15-19(33)9-11-29)23-20-8-10-27(14-22(20)30-24(28)31-23)17-36-16-18-6-4-5-7-21(18)27/h4-7,19H,8-10,12-17H2,1-3H3/t19-,27?/m0/s1. The fourth-order valence-electron chi connectivity index (χ4n) is 5.76. The zero-order valence-electron chi connectivity index (χ0n) is 21.1. The van der Waals surface area contributed by atoms with Crippen LogP contribution < -0.4 is 4.90 Å². The Bertz CT molecular complexity index is 1210. The van der Waals surface area contributed by atoms with Crippen molar-refractivity contribution in [2.24, 2.45) is 0 Å². The van der Waals surface area contributed by atoms with Crippen LogP contribution in [0.2, 0.25) is 5.28 Å². The summed E-state index contributed by atoms with van der Waals surface area (Å²) in [7, 11) is 0. The fourth-order valence-corrected chi connectivity index (χ4v) is 7.31. The van der Waals surface area contributed by atoms with Crippen molar-refractivity contribution < 1.29 is 9.53 Å². The molecule has 3 heterocycles. The number of nitrogens with zero attached hydrogens (tertiary/aromatic N) is 5. The molecule has 190 valence electrons. The molecule has 0 N–H and O–H groups in total. The van der Waals surface area contributed by atoms with E-state index in [0.29, 0.717) is 19.6 Å². The number of hydrogen-bond donors (Lipinski definition) is 0. The molecule has 1 unspecified atom stereocenters. The number of amides is 1. The average molecular weight is 526 g/mol. The van der Waals surface area contributed by atoms with Crippen LogP contribution >= 0.6 is 23.4 Å². The summed E-state index contributed by atoms with van der Waals surface area (Å²) in [5.74, 6) is 2.99. The SMILES string of the molecule is CC(C)(C)OC(=O)N1CCN(c2nc(Cl)nc3c2CCC2(CSCc4ccccc42)C3)C[C@@H]1CC#N. The number of fused-ring (bicyclic) bond motifs is 3. The van der Waals surface area contributed by atoms with Crippen molar-refractivity contribution in [3.63, 3.8) is 0 Å². The minimum absolute atomic E-state index is 0.0697. The molecule has 0 saturated carbocycles. The Morgan fingerprint density at radius 3 is 2.89 bits per heavy atom. The van der Waals surface area contributed by atoms with Crippen LogP contribution in [0.25, 0.3) is 0 Å². The minimum Gasteiger partial charge on any atom is -0.444 e. The number of thioether (sulfide) groups is 1. The van der Waals surface area contributed by atoms with E-state index >= 15 is 0 Å². The van der Waals surface area contributed by atoms with Crippen molar-refractivity contribution in [2.75, 3.05) is 30.3 Å². The lowest BCUT2D eigenvalue weighted by Gasteiger charge is -2.44. The third kappa shape index (κ3) is 4.88. The van der Waals surface area contributed by atoms with Gasteiger partial charge in [0.15, 0.2) is 0 Å². The van der Waals surface area contributed by atoms with E-state index in [0.717, 1.165) is 47.8 Å². The van der Waals surface area contributed by atoms with Gasteiger partial charge in [0.05, 0.1) is 24.2 Å². The van der Waals surface area contributed by atoms with Crippen LogP contribution in [0.5, 0.6) is 0 Å². The van der Waals surface area contributed by atoms with Gasteiger partial charge < -0.3 is 14.5 Å². The Balaban J connectivity index is 1.42. The van der Waals surface area contributed by atoms with Gasteiger partial charge in [0.25, 0.3) is 0 Å². The van der Waals surface area contributed by atoms with Gasteiger partial charge in [-0.1, -0.05) is 24.3 Å². The van der Waals surface area contributed by atoms with E-state index in [2.05, 4.69) is 40.2 Å². The van der Waals surface area contributed by atoms with Crippen LogP contribution in [0, 0.1) is 11.3 Å². The van der Waals surface area contributed by atoms with Crippen molar-refractivity contribution in [2.45, 2.75) is 69.3 Å². The summed E-state index contributed by atoms with van der Waals surface area (Å²) in [6.45, 7) is 7.13. The molecule has 1 amide bonds. The first kappa shape index (κ1) is 25.2. The van der Waals surface area contributed by atoms with Crippen LogP contribution in [-0.4, -0.2) is 58.0 Å². The molecule has 1 aliphatic carbocycles. The molecule has 1 fully saturated rings. The summed E-state index contributed by atoms with van der Waals surface area (Å²) in [5.41, 5.74) is 4.54. The van der Waals surface area contributed by atoms with E-state index in [1.54, 1.807) is 4.90 Å². The second-order valence-electron chi connectivity index (χ2n) is 11.0. The summed E-state index contributed by atoms with van der Waals surface area (Å²) in [6, 6.07) is 10.8. The fraction of sp³-hybridized carbons (Fsp3) is 0.556. The van der Waals surface area contributed by atoms with Gasteiger partial charge in [-0.2, -0.15) is 17.0 Å². The number of halogens is 1. The first-order valence-electron chi connectivity index (χ1n) is 12.5. The number of carbonyl (C=O) groups is 1. The first-order chi connectivity index (χ1) is 17.2. The van der Waals surface area contributed by atoms with Crippen LogP contribution in [0.15, 0.2) is 24.3 Å². The van der Waals surface area contributed by atoms with E-state index in [1.807, 2.05) is 32.5 Å². The van der Waals surface area contributed by atoms with Gasteiger partial charge in [0.1, 0.15) is 11.4 Å². The number of piperazine rings is 1. The maximum atomic E-state index is 12.8. The van der Waals surface area contributed by atoms with Crippen LogP contribution in [0.4, 0.5) is 10.6 Å². The zero-order chi connectivity index (χ0) is 25.5. The Hall–Kier alpha value is -2.50. The summed E-state index contributed by atoms with van der Waals surface area (Å²) >= 11 is 8.49. The highest BCUT2D eigenvalue weighted by Crippen LogP contribution is 2.47. The van der Waals surface area contributed by atoms with Gasteiger partial charge in [-0.25, -0.2) is 14.8 Å². The quantitative estimate of drug-likeness (QED) is 0.502. The molecular formula is C27H32ClN5O2S. The Morgan fingerprint density at radius 2 is 2.11 bits per heavy atom. The Labute approximate surface area is 222 Å². The van der Waals surface area contributed by atoms with Crippen molar-refractivity contribution in [1.82, 2.24) is 14.9 Å². The molecule has 2 aromatic rings. The van der Waals surface area contributed by atoms with Crippen molar-refractivity contribution in [3.05, 3.63) is 51.9 Å². The number of carbonyl (C=O) groups excluding carboxylic acids is 1. The maximum Gasteiger partial charge on any atom is 0.410 e. The molecule has 1 saturated heterocycles. The highest BCUT2D eigenvalue weighted by molar-refractivity contribution is 7.98. The molecule has 1 aromatic heterocycles. The highest BCUT2D eigenvalue weighted by atomic mass is 35.5. The average Bonchev–Trinajstić information content (AvgIpc) is 2.83. The van der Waals surface area contributed by atoms with Gasteiger partial charge in [0, 0.05) is 48.5 Å². The van der Waals surface area contributed by atoms with Gasteiger partial charge in [-0.3, -0.25) is 0 Å². The lowest BCUT2D eigenvalue weighted by molar-refractivity contribution is 0.0144. The number of nitriles is 1. The molecule has 2 atom stereocenters. The lowest BCUT2D eigenvalue weighted by atomic mass is 9.68. The topological polar surface area (TPSA) is 82.3 Å². The molecule has 9 heteroatoms. The Morgan fingerprint density at radius 1 is 1.31 bits per heavy atom. The predicted molar refractivity (Wildman–Crippen MR) is 143 cm³/mol. The van der Waals surface area contributed by atoms with Gasteiger partial charge in [0.2, 0.25) is 5.28 Å². The highest BCUT2D eigenvalue weighted by Gasteiger charge is 2.42. The van der Waals surface area contributed by atoms with Crippen molar-refractivity contribution in [3.8, 4) is 6.07 Å². The zero-order valence-corrected chi connectivity index (χ0v) is 22.7.